The molecule has 0 atom stereocenters. The van der Waals surface area contributed by atoms with Gasteiger partial charge in [0, 0.05) is 19.0 Å². The molecular weight excluding hydrogens is 439 g/mol. The van der Waals surface area contributed by atoms with Gasteiger partial charge >= 0.3 is 12.1 Å². The maximum absolute atomic E-state index is 13.0. The average Bonchev–Trinajstić information content (AvgIpc) is 3.20. The van der Waals surface area contributed by atoms with Gasteiger partial charge in [0.1, 0.15) is 12.4 Å². The first-order valence-electron chi connectivity index (χ1n) is 8.85. The number of carbonyl (C=O) groups excluding carboxylic acids is 2. The Morgan fingerprint density at radius 3 is 2.74 bits per heavy atom. The van der Waals surface area contributed by atoms with Crippen LogP contribution in [-0.4, -0.2) is 50.3 Å². The molecule has 0 aliphatic heterocycles. The van der Waals surface area contributed by atoms with E-state index in [-0.39, 0.29) is 30.3 Å². The van der Waals surface area contributed by atoms with Crippen LogP contribution in [-0.2, 0) is 20.4 Å². The summed E-state index contributed by atoms with van der Waals surface area (Å²) in [4.78, 5) is 28.2. The molecule has 0 aliphatic rings. The fraction of sp³-hybridized carbons (Fsp3) is 0.316. The second-order valence-corrected chi connectivity index (χ2v) is 6.74. The molecule has 2 rings (SSSR count). The highest BCUT2D eigenvalue weighted by molar-refractivity contribution is 7.13. The Balaban J connectivity index is 2.01. The number of thiazole rings is 1. The van der Waals surface area contributed by atoms with Crippen LogP contribution in [0.15, 0.2) is 36.2 Å². The molecule has 12 heteroatoms. The van der Waals surface area contributed by atoms with Crippen LogP contribution in [0.2, 0.25) is 0 Å². The standard InChI is InChI=1S/C19H20F3N3O5S/c1-3-6-23-18-25-14(11-31-18)17(27)30-10-16(26)24-13-9-12(19(20,21)22)4-5-15(13)29-8-7-28-2/h3-5,9,11H,1,6-8,10H2,2H3,(H,23,25)(H,24,26). The molecule has 1 amide bonds. The Morgan fingerprint density at radius 2 is 2.06 bits per heavy atom. The van der Waals surface area contributed by atoms with Gasteiger partial charge in [-0.3, -0.25) is 4.79 Å². The summed E-state index contributed by atoms with van der Waals surface area (Å²) in [6.07, 6.45) is -3.00. The van der Waals surface area contributed by atoms with Crippen LogP contribution in [0.1, 0.15) is 16.1 Å². The quantitative estimate of drug-likeness (QED) is 0.301. The number of ether oxygens (including phenoxy) is 3. The second-order valence-electron chi connectivity index (χ2n) is 5.88. The number of amides is 1. The number of rotatable bonds is 11. The molecule has 1 aromatic carbocycles. The molecule has 31 heavy (non-hydrogen) atoms. The van der Waals surface area contributed by atoms with Gasteiger partial charge in [-0.2, -0.15) is 13.2 Å². The molecule has 8 nitrogen and oxygen atoms in total. The van der Waals surface area contributed by atoms with E-state index in [1.54, 1.807) is 6.08 Å². The summed E-state index contributed by atoms with van der Waals surface area (Å²) < 4.78 is 54.1. The number of carbonyl (C=O) groups is 2. The normalized spacial score (nSPS) is 11.0. The lowest BCUT2D eigenvalue weighted by Gasteiger charge is -2.15. The number of hydrogen-bond donors (Lipinski definition) is 2. The van der Waals surface area contributed by atoms with E-state index >= 15 is 0 Å². The van der Waals surface area contributed by atoms with E-state index in [0.717, 1.165) is 18.2 Å². The van der Waals surface area contributed by atoms with E-state index in [0.29, 0.717) is 11.7 Å². The van der Waals surface area contributed by atoms with Crippen molar-refractivity contribution in [2.75, 3.05) is 44.1 Å². The molecule has 2 aromatic rings. The number of benzene rings is 1. The number of alkyl halides is 3. The molecule has 2 N–H and O–H groups in total. The Hall–Kier alpha value is -3.12. The molecule has 1 heterocycles. The van der Waals surface area contributed by atoms with Gasteiger partial charge in [-0.05, 0) is 18.2 Å². The topological polar surface area (TPSA) is 98.8 Å². The summed E-state index contributed by atoms with van der Waals surface area (Å²) in [6.45, 7) is 3.54. The predicted molar refractivity (Wildman–Crippen MR) is 109 cm³/mol. The van der Waals surface area contributed by atoms with Gasteiger partial charge in [0.2, 0.25) is 0 Å². The second kappa shape index (κ2) is 11.3. The van der Waals surface area contributed by atoms with Crippen molar-refractivity contribution in [3.8, 4) is 5.75 Å². The maximum atomic E-state index is 13.0. The lowest BCUT2D eigenvalue weighted by Crippen LogP contribution is -2.22. The zero-order valence-electron chi connectivity index (χ0n) is 16.5. The number of anilines is 2. The van der Waals surface area contributed by atoms with E-state index in [1.807, 2.05) is 0 Å². The monoisotopic (exact) mass is 459 g/mol. The number of hydrogen-bond acceptors (Lipinski definition) is 8. The van der Waals surface area contributed by atoms with Crippen molar-refractivity contribution < 1.29 is 37.0 Å². The van der Waals surface area contributed by atoms with Crippen molar-refractivity contribution in [3.05, 3.63) is 47.5 Å². The lowest BCUT2D eigenvalue weighted by atomic mass is 10.1. The largest absolute Gasteiger partial charge is 0.489 e. The fourth-order valence-electron chi connectivity index (χ4n) is 2.16. The number of methoxy groups -OCH3 is 1. The fourth-order valence-corrected chi connectivity index (χ4v) is 2.85. The van der Waals surface area contributed by atoms with Crippen LogP contribution in [0.3, 0.4) is 0 Å². The third kappa shape index (κ3) is 7.57. The Morgan fingerprint density at radius 1 is 1.29 bits per heavy atom. The SMILES string of the molecule is C=CCNc1nc(C(=O)OCC(=O)Nc2cc(C(F)(F)F)ccc2OCCOC)cs1. The van der Waals surface area contributed by atoms with Gasteiger partial charge in [0.15, 0.2) is 17.4 Å². The Bertz CT molecular complexity index is 917. The van der Waals surface area contributed by atoms with Gasteiger partial charge in [-0.25, -0.2) is 9.78 Å². The molecule has 1 aromatic heterocycles. The van der Waals surface area contributed by atoms with Gasteiger partial charge in [-0.1, -0.05) is 6.08 Å². The minimum atomic E-state index is -4.61. The van der Waals surface area contributed by atoms with Crippen LogP contribution >= 0.6 is 11.3 Å². The minimum absolute atomic E-state index is 0.00739. The molecule has 0 bridgehead atoms. The summed E-state index contributed by atoms with van der Waals surface area (Å²) in [5, 5.41) is 7.08. The molecule has 0 saturated carbocycles. The number of nitrogens with zero attached hydrogens (tertiary/aromatic N) is 1. The Labute approximate surface area is 180 Å². The van der Waals surface area contributed by atoms with E-state index in [1.165, 1.54) is 23.8 Å². The van der Waals surface area contributed by atoms with Crippen molar-refractivity contribution in [2.45, 2.75) is 6.18 Å². The van der Waals surface area contributed by atoms with Crippen molar-refractivity contribution in [1.82, 2.24) is 4.98 Å². The van der Waals surface area contributed by atoms with Gasteiger partial charge in [0.25, 0.3) is 5.91 Å². The molecular formula is C19H20F3N3O5S. The third-order valence-corrected chi connectivity index (χ3v) is 4.37. The third-order valence-electron chi connectivity index (χ3n) is 3.57. The highest BCUT2D eigenvalue weighted by Crippen LogP contribution is 2.35. The lowest BCUT2D eigenvalue weighted by molar-refractivity contribution is -0.137. The Kier molecular flexibility index (Phi) is 8.82. The predicted octanol–water partition coefficient (Wildman–Crippen LogP) is 3.58. The van der Waals surface area contributed by atoms with E-state index in [9.17, 15) is 22.8 Å². The van der Waals surface area contributed by atoms with Crippen molar-refractivity contribution in [1.29, 1.82) is 0 Å². The molecule has 168 valence electrons. The van der Waals surface area contributed by atoms with Crippen LogP contribution in [0.25, 0.3) is 0 Å². The van der Waals surface area contributed by atoms with Crippen LogP contribution in [0.4, 0.5) is 24.0 Å². The molecule has 0 saturated heterocycles. The highest BCUT2D eigenvalue weighted by atomic mass is 32.1. The molecule has 0 aliphatic carbocycles. The summed E-state index contributed by atoms with van der Waals surface area (Å²) >= 11 is 1.17. The first kappa shape index (κ1) is 24.2. The van der Waals surface area contributed by atoms with Gasteiger partial charge in [0.05, 0.1) is 17.9 Å². The van der Waals surface area contributed by atoms with E-state index < -0.39 is 30.2 Å². The number of esters is 1. The van der Waals surface area contributed by atoms with Crippen molar-refractivity contribution >= 4 is 34.0 Å². The van der Waals surface area contributed by atoms with Crippen molar-refractivity contribution in [3.63, 3.8) is 0 Å². The molecule has 0 spiro atoms. The number of aromatic nitrogens is 1. The van der Waals surface area contributed by atoms with Crippen LogP contribution in [0, 0.1) is 0 Å². The van der Waals surface area contributed by atoms with Crippen LogP contribution in [0.5, 0.6) is 5.75 Å². The number of nitrogens with one attached hydrogen (secondary N) is 2. The maximum Gasteiger partial charge on any atom is 0.416 e. The summed E-state index contributed by atoms with van der Waals surface area (Å²) in [6, 6.07) is 2.66. The van der Waals surface area contributed by atoms with Crippen molar-refractivity contribution in [2.24, 2.45) is 0 Å². The molecule has 0 unspecified atom stereocenters. The van der Waals surface area contributed by atoms with Gasteiger partial charge in [-0.15, -0.1) is 17.9 Å². The first-order valence-corrected chi connectivity index (χ1v) is 9.72. The zero-order valence-corrected chi connectivity index (χ0v) is 17.3. The smallest absolute Gasteiger partial charge is 0.416 e. The molecule has 0 radical (unpaired) electrons. The highest BCUT2D eigenvalue weighted by Gasteiger charge is 2.31. The summed E-state index contributed by atoms with van der Waals surface area (Å²) in [7, 11) is 1.44. The summed E-state index contributed by atoms with van der Waals surface area (Å²) in [5.41, 5.74) is -1.19. The van der Waals surface area contributed by atoms with E-state index in [4.69, 9.17) is 14.2 Å². The molecule has 0 fully saturated rings. The summed E-state index contributed by atoms with van der Waals surface area (Å²) in [5.74, 6) is -1.68. The minimum Gasteiger partial charge on any atom is -0.489 e. The van der Waals surface area contributed by atoms with Gasteiger partial charge < -0.3 is 24.8 Å². The number of halogens is 3. The zero-order chi connectivity index (χ0) is 22.9. The van der Waals surface area contributed by atoms with Crippen LogP contribution < -0.4 is 15.4 Å². The first-order chi connectivity index (χ1) is 14.7. The average molecular weight is 459 g/mol. The van der Waals surface area contributed by atoms with E-state index in [2.05, 4.69) is 22.2 Å².